The monoisotopic (exact) mass is 495 g/mol. The minimum atomic E-state index is -5.08. The number of fused-ring (bicyclic) bond motifs is 1. The Morgan fingerprint density at radius 1 is 1.11 bits per heavy atom. The van der Waals surface area contributed by atoms with Gasteiger partial charge in [0.25, 0.3) is 0 Å². The van der Waals surface area contributed by atoms with Crippen molar-refractivity contribution in [3.05, 3.63) is 54.1 Å². The van der Waals surface area contributed by atoms with Gasteiger partial charge in [-0.15, -0.1) is 0 Å². The van der Waals surface area contributed by atoms with Gasteiger partial charge in [0, 0.05) is 31.0 Å². The van der Waals surface area contributed by atoms with Gasteiger partial charge in [-0.25, -0.2) is 9.18 Å². The van der Waals surface area contributed by atoms with Gasteiger partial charge in [-0.05, 0) is 62.1 Å². The maximum atomic E-state index is 13.6. The van der Waals surface area contributed by atoms with Gasteiger partial charge in [0.1, 0.15) is 12.4 Å². The van der Waals surface area contributed by atoms with E-state index >= 15 is 0 Å². The van der Waals surface area contributed by atoms with E-state index in [0.29, 0.717) is 31.5 Å². The minimum Gasteiger partial charge on any atom is -0.475 e. The van der Waals surface area contributed by atoms with Gasteiger partial charge in [0.2, 0.25) is 5.91 Å². The molecule has 0 aliphatic carbocycles. The molecule has 1 fully saturated rings. The average Bonchev–Trinajstić information content (AvgIpc) is 3.17. The largest absolute Gasteiger partial charge is 0.490 e. The van der Waals surface area contributed by atoms with E-state index in [-0.39, 0.29) is 18.3 Å². The summed E-state index contributed by atoms with van der Waals surface area (Å²) in [5.41, 5.74) is 3.38. The summed E-state index contributed by atoms with van der Waals surface area (Å²) < 4.78 is 47.2. The molecule has 0 bridgehead atoms. The number of pyridine rings is 1. The van der Waals surface area contributed by atoms with Crippen LogP contribution in [0.1, 0.15) is 25.3 Å². The molecule has 7 nitrogen and oxygen atoms in total. The van der Waals surface area contributed by atoms with Gasteiger partial charge >= 0.3 is 12.1 Å². The van der Waals surface area contributed by atoms with Crippen molar-refractivity contribution >= 4 is 22.9 Å². The zero-order valence-corrected chi connectivity index (χ0v) is 19.1. The number of hydrogen-bond donors (Lipinski definition) is 2. The third-order valence-electron chi connectivity index (χ3n) is 5.85. The smallest absolute Gasteiger partial charge is 0.475 e. The number of piperidine rings is 1. The van der Waals surface area contributed by atoms with E-state index < -0.39 is 17.7 Å². The van der Waals surface area contributed by atoms with E-state index in [9.17, 15) is 27.5 Å². The van der Waals surface area contributed by atoms with Gasteiger partial charge in [0.05, 0.1) is 16.6 Å². The van der Waals surface area contributed by atoms with Crippen LogP contribution in [0.3, 0.4) is 0 Å². The number of nitrogens with zero attached hydrogens (tertiary/aromatic N) is 3. The molecule has 1 saturated heterocycles. The van der Waals surface area contributed by atoms with Gasteiger partial charge in [-0.1, -0.05) is 6.07 Å². The molecule has 3 aromatic rings. The number of aliphatic hydroxyl groups is 1. The lowest BCUT2D eigenvalue weighted by molar-refractivity contribution is -0.192. The maximum Gasteiger partial charge on any atom is 0.490 e. The first-order valence-electron chi connectivity index (χ1n) is 10.8. The molecule has 35 heavy (non-hydrogen) atoms. The predicted molar refractivity (Wildman–Crippen MR) is 120 cm³/mol. The molecular weight excluding hydrogens is 470 g/mol. The van der Waals surface area contributed by atoms with Crippen LogP contribution in [-0.2, 0) is 16.1 Å². The molecule has 188 valence electrons. The van der Waals surface area contributed by atoms with Crippen molar-refractivity contribution in [2.24, 2.45) is 0 Å². The van der Waals surface area contributed by atoms with E-state index in [1.807, 2.05) is 34.7 Å². The molecule has 0 saturated carbocycles. The zero-order chi connectivity index (χ0) is 26.0. The Morgan fingerprint density at radius 3 is 2.31 bits per heavy atom. The van der Waals surface area contributed by atoms with Crippen molar-refractivity contribution in [2.75, 3.05) is 13.1 Å². The molecule has 0 unspecified atom stereocenters. The fraction of sp³-hybridized carbons (Fsp3) is 0.375. The average molecular weight is 495 g/mol. The van der Waals surface area contributed by atoms with Crippen LogP contribution in [-0.4, -0.2) is 61.4 Å². The molecule has 0 atom stereocenters. The quantitative estimate of drug-likeness (QED) is 0.532. The van der Waals surface area contributed by atoms with Crippen LogP contribution >= 0.6 is 0 Å². The number of amides is 1. The van der Waals surface area contributed by atoms with Crippen LogP contribution in [0, 0.1) is 12.7 Å². The number of hydrogen-bond acceptors (Lipinski definition) is 4. The number of carbonyl (C=O) groups excluding carboxylic acids is 1. The Balaban J connectivity index is 0.000000429. The molecule has 1 aromatic carbocycles. The molecule has 1 amide bonds. The normalized spacial score (nSPS) is 15.5. The van der Waals surface area contributed by atoms with Crippen molar-refractivity contribution in [3.8, 4) is 11.1 Å². The van der Waals surface area contributed by atoms with Crippen LogP contribution in [0.4, 0.5) is 17.6 Å². The number of rotatable bonds is 3. The summed E-state index contributed by atoms with van der Waals surface area (Å²) in [6, 6.07) is 8.88. The van der Waals surface area contributed by atoms with Crippen molar-refractivity contribution in [1.29, 1.82) is 0 Å². The Bertz CT molecular complexity index is 1230. The molecule has 2 N–H and O–H groups in total. The van der Waals surface area contributed by atoms with Gasteiger partial charge in [-0.2, -0.15) is 13.2 Å². The number of halogens is 4. The second-order valence-corrected chi connectivity index (χ2v) is 8.72. The number of benzene rings is 1. The van der Waals surface area contributed by atoms with Gasteiger partial charge in [-0.3, -0.25) is 9.78 Å². The lowest BCUT2D eigenvalue weighted by Gasteiger charge is -2.35. The molecule has 3 heterocycles. The van der Waals surface area contributed by atoms with Crippen LogP contribution in [0.2, 0.25) is 0 Å². The van der Waals surface area contributed by atoms with Crippen LogP contribution in [0.25, 0.3) is 22.2 Å². The lowest BCUT2D eigenvalue weighted by atomic mass is 9.94. The summed E-state index contributed by atoms with van der Waals surface area (Å²) >= 11 is 0. The summed E-state index contributed by atoms with van der Waals surface area (Å²) in [5, 5.41) is 17.2. The van der Waals surface area contributed by atoms with E-state index in [4.69, 9.17) is 9.90 Å². The highest BCUT2D eigenvalue weighted by molar-refractivity contribution is 5.84. The standard InChI is InChI=1S/C22H24FN3O2.C2HF3O2/c1-15-11-16(3-4-18(15)23)17-12-20-19(24-13-17)5-8-26(20)14-21(27)25-9-6-22(2,28)7-10-25;3-2(4,5)1(6)7/h3-5,8,11-13,28H,6-7,9-10,14H2,1-2H3;(H,6,7). The number of aryl methyl sites for hydroxylation is 1. The first-order chi connectivity index (χ1) is 16.3. The first kappa shape index (κ1) is 26.1. The molecule has 1 aliphatic rings. The number of carbonyl (C=O) groups is 2. The Labute approximate surface area is 198 Å². The maximum absolute atomic E-state index is 13.6. The summed E-state index contributed by atoms with van der Waals surface area (Å²) in [5.74, 6) is -2.95. The zero-order valence-electron chi connectivity index (χ0n) is 19.1. The molecule has 0 spiro atoms. The number of carboxylic acid groups (broad SMARTS) is 1. The van der Waals surface area contributed by atoms with E-state index in [1.165, 1.54) is 6.07 Å². The SMILES string of the molecule is Cc1cc(-c2cnc3ccn(CC(=O)N4CCC(C)(O)CC4)c3c2)ccc1F.O=C(O)C(F)(F)F. The highest BCUT2D eigenvalue weighted by atomic mass is 19.4. The number of carboxylic acids is 1. The van der Waals surface area contributed by atoms with E-state index in [2.05, 4.69) is 4.98 Å². The predicted octanol–water partition coefficient (Wildman–Crippen LogP) is 4.16. The van der Waals surface area contributed by atoms with E-state index in [1.54, 1.807) is 25.3 Å². The number of aliphatic carboxylic acids is 1. The number of likely N-dealkylation sites (tertiary alicyclic amines) is 1. The summed E-state index contributed by atoms with van der Waals surface area (Å²) in [6.45, 7) is 4.94. The Hall–Kier alpha value is -3.47. The topological polar surface area (TPSA) is 95.7 Å². The van der Waals surface area contributed by atoms with E-state index in [0.717, 1.165) is 22.2 Å². The highest BCUT2D eigenvalue weighted by Gasteiger charge is 2.38. The van der Waals surface area contributed by atoms with Crippen molar-refractivity contribution < 1.29 is 37.4 Å². The third kappa shape index (κ3) is 6.56. The minimum absolute atomic E-state index is 0.0380. The molecule has 2 aromatic heterocycles. The highest BCUT2D eigenvalue weighted by Crippen LogP contribution is 2.26. The Kier molecular flexibility index (Phi) is 7.49. The second kappa shape index (κ2) is 10.0. The molecule has 4 rings (SSSR count). The third-order valence-corrected chi connectivity index (χ3v) is 5.85. The fourth-order valence-electron chi connectivity index (χ4n) is 3.67. The van der Waals surface area contributed by atoms with Gasteiger partial charge in [0.15, 0.2) is 0 Å². The molecular formula is C24H25F4N3O4. The number of alkyl halides is 3. The molecule has 11 heteroatoms. The molecule has 0 radical (unpaired) electrons. The van der Waals surface area contributed by atoms with Crippen LogP contribution in [0.15, 0.2) is 42.7 Å². The summed E-state index contributed by atoms with van der Waals surface area (Å²) in [4.78, 5) is 27.9. The van der Waals surface area contributed by atoms with Crippen molar-refractivity contribution in [2.45, 2.75) is 45.0 Å². The van der Waals surface area contributed by atoms with Crippen LogP contribution in [0.5, 0.6) is 0 Å². The van der Waals surface area contributed by atoms with Crippen molar-refractivity contribution in [3.63, 3.8) is 0 Å². The van der Waals surface area contributed by atoms with Crippen LogP contribution < -0.4 is 0 Å². The fourth-order valence-corrected chi connectivity index (χ4v) is 3.67. The summed E-state index contributed by atoms with van der Waals surface area (Å²) in [7, 11) is 0. The van der Waals surface area contributed by atoms with Gasteiger partial charge < -0.3 is 19.7 Å². The van der Waals surface area contributed by atoms with Crippen molar-refractivity contribution in [1.82, 2.24) is 14.5 Å². The second-order valence-electron chi connectivity index (χ2n) is 8.72. The molecule has 1 aliphatic heterocycles. The first-order valence-corrected chi connectivity index (χ1v) is 10.8. The lowest BCUT2D eigenvalue weighted by Crippen LogP contribution is -2.46. The summed E-state index contributed by atoms with van der Waals surface area (Å²) in [6.07, 6.45) is -0.245. The number of aromatic nitrogens is 2. The Morgan fingerprint density at radius 2 is 1.74 bits per heavy atom.